The van der Waals surface area contributed by atoms with E-state index in [-0.39, 0.29) is 17.5 Å². The molecular weight excluding hydrogens is 230 g/mol. The number of hydrogen-bond acceptors (Lipinski definition) is 3. The topological polar surface area (TPSA) is 74.0 Å². The minimum absolute atomic E-state index is 0.0199. The lowest BCUT2D eigenvalue weighted by Crippen LogP contribution is -2.43. The average molecular weight is 251 g/mol. The zero-order valence-corrected chi connectivity index (χ0v) is 11.1. The average Bonchev–Trinajstić information content (AvgIpc) is 2.33. The molecule has 100 valence electrons. The van der Waals surface area contributed by atoms with E-state index in [9.17, 15) is 9.59 Å². The number of H-pyrrole nitrogens is 1. The molecule has 1 aromatic heterocycles. The van der Waals surface area contributed by atoms with Crippen LogP contribution in [0.25, 0.3) is 0 Å². The summed E-state index contributed by atoms with van der Waals surface area (Å²) in [7, 11) is 1.63. The van der Waals surface area contributed by atoms with Crippen molar-refractivity contribution in [3.63, 3.8) is 0 Å². The van der Waals surface area contributed by atoms with Crippen LogP contribution in [0.5, 0.6) is 0 Å². The van der Waals surface area contributed by atoms with Crippen molar-refractivity contribution in [1.29, 1.82) is 0 Å². The molecule has 1 heterocycles. The minimum Gasteiger partial charge on any atom is -0.358 e. The van der Waals surface area contributed by atoms with E-state index in [4.69, 9.17) is 0 Å². The van der Waals surface area contributed by atoms with Gasteiger partial charge in [0.1, 0.15) is 0 Å². The zero-order valence-electron chi connectivity index (χ0n) is 11.1. The van der Waals surface area contributed by atoms with E-state index in [1.54, 1.807) is 13.2 Å². The lowest BCUT2D eigenvalue weighted by molar-refractivity contribution is -0.123. The molecule has 5 heteroatoms. The molecule has 0 bridgehead atoms. The summed E-state index contributed by atoms with van der Waals surface area (Å²) in [6.07, 6.45) is 2.37. The number of carbonyl (C=O) groups excluding carboxylic acids is 1. The fraction of sp³-hybridized carbons (Fsp3) is 0.538. The molecule has 0 aromatic carbocycles. The molecule has 0 saturated heterocycles. The molecule has 0 saturated carbocycles. The Balaban J connectivity index is 2.61. The van der Waals surface area contributed by atoms with Crippen LogP contribution < -0.4 is 16.2 Å². The van der Waals surface area contributed by atoms with Crippen molar-refractivity contribution in [2.24, 2.45) is 5.92 Å². The Morgan fingerprint density at radius 3 is 2.72 bits per heavy atom. The molecular formula is C13H21N3O2. The summed E-state index contributed by atoms with van der Waals surface area (Å²) in [6.45, 7) is 4.66. The predicted octanol–water partition coefficient (Wildman–Crippen LogP) is 0.625. The van der Waals surface area contributed by atoms with E-state index < -0.39 is 0 Å². The van der Waals surface area contributed by atoms with Gasteiger partial charge in [-0.2, -0.15) is 0 Å². The molecule has 0 radical (unpaired) electrons. The number of nitrogens with one attached hydrogen (secondary N) is 3. The molecule has 1 rings (SSSR count). The van der Waals surface area contributed by atoms with Gasteiger partial charge in [0, 0.05) is 25.9 Å². The predicted molar refractivity (Wildman–Crippen MR) is 71.2 cm³/mol. The van der Waals surface area contributed by atoms with E-state index in [0.29, 0.717) is 12.5 Å². The Morgan fingerprint density at radius 2 is 2.17 bits per heavy atom. The van der Waals surface area contributed by atoms with Crippen LogP contribution in [0.15, 0.2) is 23.1 Å². The molecule has 0 spiro atoms. The summed E-state index contributed by atoms with van der Waals surface area (Å²) in [5.74, 6) is 0.410. The van der Waals surface area contributed by atoms with Gasteiger partial charge >= 0.3 is 0 Å². The Hall–Kier alpha value is -1.62. The molecule has 1 amide bonds. The Labute approximate surface area is 107 Å². The number of carbonyl (C=O) groups is 1. The van der Waals surface area contributed by atoms with Crippen molar-refractivity contribution in [2.45, 2.75) is 32.9 Å². The lowest BCUT2D eigenvalue weighted by atomic mass is 10.0. The number of aromatic amines is 1. The zero-order chi connectivity index (χ0) is 13.5. The smallest absolute Gasteiger partial charge is 0.248 e. The van der Waals surface area contributed by atoms with E-state index in [0.717, 1.165) is 12.0 Å². The maximum Gasteiger partial charge on any atom is 0.248 e. The second-order valence-electron chi connectivity index (χ2n) is 4.74. The van der Waals surface area contributed by atoms with Gasteiger partial charge in [-0.05, 0) is 24.0 Å². The van der Waals surface area contributed by atoms with Crippen molar-refractivity contribution < 1.29 is 4.79 Å². The molecule has 0 unspecified atom stereocenters. The maximum atomic E-state index is 11.7. The third-order valence-electron chi connectivity index (χ3n) is 2.66. The summed E-state index contributed by atoms with van der Waals surface area (Å²) in [5, 5.41) is 5.83. The van der Waals surface area contributed by atoms with Crippen LogP contribution in [-0.4, -0.2) is 24.0 Å². The monoisotopic (exact) mass is 251 g/mol. The first-order valence-corrected chi connectivity index (χ1v) is 6.15. The highest BCUT2D eigenvalue weighted by Gasteiger charge is 2.17. The normalized spacial score (nSPS) is 12.4. The quantitative estimate of drug-likeness (QED) is 0.694. The van der Waals surface area contributed by atoms with Gasteiger partial charge in [-0.3, -0.25) is 9.59 Å². The van der Waals surface area contributed by atoms with Crippen LogP contribution in [0.1, 0.15) is 25.8 Å². The van der Waals surface area contributed by atoms with Gasteiger partial charge < -0.3 is 15.6 Å². The molecule has 0 aliphatic carbocycles. The lowest BCUT2D eigenvalue weighted by Gasteiger charge is -2.19. The van der Waals surface area contributed by atoms with Crippen LogP contribution in [0.3, 0.4) is 0 Å². The van der Waals surface area contributed by atoms with Gasteiger partial charge in [-0.25, -0.2) is 0 Å². The number of pyridine rings is 1. The number of amides is 1. The van der Waals surface area contributed by atoms with Gasteiger partial charge in [0.15, 0.2) is 0 Å². The summed E-state index contributed by atoms with van der Waals surface area (Å²) in [4.78, 5) is 25.4. The summed E-state index contributed by atoms with van der Waals surface area (Å²) < 4.78 is 0. The Kier molecular flexibility index (Phi) is 5.58. The van der Waals surface area contributed by atoms with Gasteiger partial charge in [0.05, 0.1) is 6.04 Å². The summed E-state index contributed by atoms with van der Waals surface area (Å²) in [6, 6.07) is 3.13. The van der Waals surface area contributed by atoms with Crippen LogP contribution in [0, 0.1) is 5.92 Å². The van der Waals surface area contributed by atoms with Crippen molar-refractivity contribution in [3.8, 4) is 0 Å². The molecule has 18 heavy (non-hydrogen) atoms. The van der Waals surface area contributed by atoms with E-state index in [1.807, 2.05) is 6.07 Å². The molecule has 1 atom stereocenters. The Bertz CT molecular complexity index is 440. The number of aromatic nitrogens is 1. The Morgan fingerprint density at radius 1 is 1.44 bits per heavy atom. The van der Waals surface area contributed by atoms with E-state index in [1.165, 1.54) is 6.07 Å². The minimum atomic E-state index is -0.228. The molecule has 1 aromatic rings. The second kappa shape index (κ2) is 6.96. The largest absolute Gasteiger partial charge is 0.358 e. The molecule has 0 fully saturated rings. The van der Waals surface area contributed by atoms with Gasteiger partial charge in [0.2, 0.25) is 11.5 Å². The first kappa shape index (κ1) is 14.4. The molecule has 0 aliphatic rings. The maximum absolute atomic E-state index is 11.7. The van der Waals surface area contributed by atoms with Crippen LogP contribution >= 0.6 is 0 Å². The van der Waals surface area contributed by atoms with Crippen molar-refractivity contribution >= 4 is 5.91 Å². The van der Waals surface area contributed by atoms with Crippen molar-refractivity contribution in [1.82, 2.24) is 15.6 Å². The highest BCUT2D eigenvalue weighted by molar-refractivity contribution is 5.81. The third-order valence-corrected chi connectivity index (χ3v) is 2.66. The first-order valence-electron chi connectivity index (χ1n) is 6.15. The second-order valence-corrected chi connectivity index (χ2v) is 4.74. The molecule has 3 N–H and O–H groups in total. The van der Waals surface area contributed by atoms with E-state index >= 15 is 0 Å². The summed E-state index contributed by atoms with van der Waals surface area (Å²) >= 11 is 0. The van der Waals surface area contributed by atoms with Crippen LogP contribution in [0.4, 0.5) is 0 Å². The summed E-state index contributed by atoms with van der Waals surface area (Å²) in [5.41, 5.74) is 0.742. The fourth-order valence-electron chi connectivity index (χ4n) is 1.77. The van der Waals surface area contributed by atoms with Crippen molar-refractivity contribution in [3.05, 3.63) is 34.2 Å². The number of likely N-dealkylation sites (N-methyl/N-ethyl adjacent to an activating group) is 1. The number of hydrogen-bond donors (Lipinski definition) is 3. The molecule has 0 aliphatic heterocycles. The van der Waals surface area contributed by atoms with Crippen molar-refractivity contribution in [2.75, 3.05) is 7.05 Å². The van der Waals surface area contributed by atoms with Crippen LogP contribution in [0.2, 0.25) is 0 Å². The van der Waals surface area contributed by atoms with Gasteiger partial charge in [-0.1, -0.05) is 13.8 Å². The highest BCUT2D eigenvalue weighted by atomic mass is 16.2. The third kappa shape index (κ3) is 4.71. The molecule has 5 nitrogen and oxygen atoms in total. The van der Waals surface area contributed by atoms with Gasteiger partial charge in [0.25, 0.3) is 0 Å². The standard InChI is InChI=1S/C13H21N3O2/c1-9(2)6-11(13(18)14-3)16-8-10-4-5-15-12(17)7-10/h4-5,7,9,11,16H,6,8H2,1-3H3,(H,14,18)(H,15,17)/t11-/m0/s1. The highest BCUT2D eigenvalue weighted by Crippen LogP contribution is 2.06. The van der Waals surface area contributed by atoms with Crippen LogP contribution in [-0.2, 0) is 11.3 Å². The fourth-order valence-corrected chi connectivity index (χ4v) is 1.77. The van der Waals surface area contributed by atoms with E-state index in [2.05, 4.69) is 29.5 Å². The number of rotatable bonds is 6. The SMILES string of the molecule is CNC(=O)[C@H](CC(C)C)NCc1cc[nH]c(=O)c1. The first-order chi connectivity index (χ1) is 8.52. The van der Waals surface area contributed by atoms with Gasteiger partial charge in [-0.15, -0.1) is 0 Å².